The number of anilines is 1. The van der Waals surface area contributed by atoms with Crippen LogP contribution in [0.15, 0.2) is 43.0 Å². The average Bonchev–Trinajstić information content (AvgIpc) is 3.00. The average molecular weight is 288 g/mol. The van der Waals surface area contributed by atoms with Gasteiger partial charge < -0.3 is 5.32 Å². The molecule has 0 unspecified atom stereocenters. The maximum absolute atomic E-state index is 5.90. The number of nitrogens with zero attached hydrogens (tertiary/aromatic N) is 6. The second-order valence-corrected chi connectivity index (χ2v) is 4.23. The summed E-state index contributed by atoms with van der Waals surface area (Å²) in [6.45, 7) is 0.571. The molecule has 7 nitrogen and oxygen atoms in total. The summed E-state index contributed by atoms with van der Waals surface area (Å²) in [6.07, 6.45) is 6.83. The topological polar surface area (TPSA) is 81.4 Å². The van der Waals surface area contributed by atoms with Crippen molar-refractivity contribution in [2.75, 3.05) is 5.32 Å². The molecule has 3 heterocycles. The van der Waals surface area contributed by atoms with Crippen LogP contribution >= 0.6 is 11.6 Å². The fourth-order valence-corrected chi connectivity index (χ4v) is 1.75. The molecule has 0 aliphatic heterocycles. The SMILES string of the molecule is Clc1nc(NCc2ccncc2)nc(-n2cccn2)n1. The number of pyridine rings is 1. The van der Waals surface area contributed by atoms with Crippen LogP contribution in [0.4, 0.5) is 5.95 Å². The Labute approximate surface area is 119 Å². The summed E-state index contributed by atoms with van der Waals surface area (Å²) in [6, 6.07) is 5.59. The zero-order valence-electron chi connectivity index (χ0n) is 10.3. The van der Waals surface area contributed by atoms with E-state index >= 15 is 0 Å². The fourth-order valence-electron chi connectivity index (χ4n) is 1.59. The van der Waals surface area contributed by atoms with E-state index in [0.29, 0.717) is 18.4 Å². The van der Waals surface area contributed by atoms with E-state index in [2.05, 4.69) is 30.4 Å². The van der Waals surface area contributed by atoms with Gasteiger partial charge in [0.25, 0.3) is 5.95 Å². The Morgan fingerprint density at radius 1 is 1.10 bits per heavy atom. The third-order valence-corrected chi connectivity index (χ3v) is 2.67. The fraction of sp³-hybridized carbons (Fsp3) is 0.0833. The van der Waals surface area contributed by atoms with E-state index in [-0.39, 0.29) is 5.28 Å². The zero-order chi connectivity index (χ0) is 13.8. The third kappa shape index (κ3) is 2.89. The summed E-state index contributed by atoms with van der Waals surface area (Å²) < 4.78 is 1.52. The van der Waals surface area contributed by atoms with Crippen molar-refractivity contribution in [3.63, 3.8) is 0 Å². The van der Waals surface area contributed by atoms with Gasteiger partial charge in [0.05, 0.1) is 0 Å². The van der Waals surface area contributed by atoms with Gasteiger partial charge in [-0.1, -0.05) is 0 Å². The normalized spacial score (nSPS) is 10.4. The van der Waals surface area contributed by atoms with Gasteiger partial charge in [-0.05, 0) is 35.4 Å². The molecular weight excluding hydrogens is 278 g/mol. The highest BCUT2D eigenvalue weighted by atomic mass is 35.5. The molecule has 0 spiro atoms. The number of hydrogen-bond acceptors (Lipinski definition) is 6. The molecule has 0 atom stereocenters. The van der Waals surface area contributed by atoms with Crippen molar-refractivity contribution in [2.24, 2.45) is 0 Å². The quantitative estimate of drug-likeness (QED) is 0.787. The molecule has 0 radical (unpaired) electrons. The molecule has 0 saturated heterocycles. The van der Waals surface area contributed by atoms with Crippen molar-refractivity contribution in [3.05, 3.63) is 53.8 Å². The minimum Gasteiger partial charge on any atom is -0.350 e. The van der Waals surface area contributed by atoms with E-state index in [9.17, 15) is 0 Å². The Bertz CT molecular complexity index is 684. The molecule has 8 heteroatoms. The van der Waals surface area contributed by atoms with Crippen molar-refractivity contribution >= 4 is 17.5 Å². The molecular formula is C12H10ClN7. The first kappa shape index (κ1) is 12.5. The highest BCUT2D eigenvalue weighted by Crippen LogP contribution is 2.10. The predicted octanol–water partition coefficient (Wildman–Crippen LogP) is 1.72. The zero-order valence-corrected chi connectivity index (χ0v) is 11.1. The third-order valence-electron chi connectivity index (χ3n) is 2.51. The summed E-state index contributed by atoms with van der Waals surface area (Å²) in [5.41, 5.74) is 1.07. The van der Waals surface area contributed by atoms with E-state index in [1.54, 1.807) is 30.9 Å². The Kier molecular flexibility index (Phi) is 3.51. The van der Waals surface area contributed by atoms with Gasteiger partial charge in [0.15, 0.2) is 0 Å². The molecule has 1 N–H and O–H groups in total. The number of hydrogen-bond donors (Lipinski definition) is 1. The Hall–Kier alpha value is -2.54. The Balaban J connectivity index is 1.80. The van der Waals surface area contributed by atoms with Crippen LogP contribution in [0.5, 0.6) is 0 Å². The predicted molar refractivity (Wildman–Crippen MR) is 73.5 cm³/mol. The summed E-state index contributed by atoms with van der Waals surface area (Å²) in [5.74, 6) is 0.763. The first-order valence-corrected chi connectivity index (χ1v) is 6.23. The highest BCUT2D eigenvalue weighted by Gasteiger charge is 2.06. The molecule has 0 saturated carbocycles. The summed E-state index contributed by atoms with van der Waals surface area (Å²) in [4.78, 5) is 16.3. The van der Waals surface area contributed by atoms with E-state index in [1.807, 2.05) is 12.1 Å². The summed E-state index contributed by atoms with van der Waals surface area (Å²) in [7, 11) is 0. The Morgan fingerprint density at radius 2 is 1.95 bits per heavy atom. The molecule has 3 aromatic heterocycles. The maximum atomic E-state index is 5.90. The van der Waals surface area contributed by atoms with Crippen LogP contribution in [0, 0.1) is 0 Å². The summed E-state index contributed by atoms with van der Waals surface area (Å²) in [5, 5.41) is 7.26. The minimum atomic E-state index is 0.114. The standard InChI is InChI=1S/C12H10ClN7/c13-10-17-11(15-8-9-2-5-14-6-3-9)19-12(18-10)20-7-1-4-16-20/h1-7H,8H2,(H,15,17,18,19). The first-order chi connectivity index (χ1) is 9.81. The molecule has 0 amide bonds. The minimum absolute atomic E-state index is 0.114. The molecule has 0 bridgehead atoms. The molecule has 0 aliphatic rings. The van der Waals surface area contributed by atoms with E-state index in [4.69, 9.17) is 11.6 Å². The number of nitrogens with one attached hydrogen (secondary N) is 1. The molecule has 0 fully saturated rings. The Morgan fingerprint density at radius 3 is 2.70 bits per heavy atom. The van der Waals surface area contributed by atoms with Crippen LogP contribution in [0.25, 0.3) is 5.95 Å². The number of aromatic nitrogens is 6. The van der Waals surface area contributed by atoms with E-state index in [0.717, 1.165) is 5.56 Å². The molecule has 20 heavy (non-hydrogen) atoms. The van der Waals surface area contributed by atoms with Crippen LogP contribution in [-0.4, -0.2) is 29.7 Å². The highest BCUT2D eigenvalue weighted by molar-refractivity contribution is 6.28. The van der Waals surface area contributed by atoms with Crippen LogP contribution in [0.1, 0.15) is 5.56 Å². The maximum Gasteiger partial charge on any atom is 0.256 e. The van der Waals surface area contributed by atoms with Crippen LogP contribution < -0.4 is 5.32 Å². The van der Waals surface area contributed by atoms with Gasteiger partial charge in [-0.15, -0.1) is 0 Å². The molecule has 3 aromatic rings. The van der Waals surface area contributed by atoms with Gasteiger partial charge in [-0.25, -0.2) is 4.68 Å². The van der Waals surface area contributed by atoms with Crippen molar-refractivity contribution in [1.29, 1.82) is 0 Å². The lowest BCUT2D eigenvalue weighted by atomic mass is 10.3. The van der Waals surface area contributed by atoms with Crippen LogP contribution in [0.3, 0.4) is 0 Å². The molecule has 3 rings (SSSR count). The van der Waals surface area contributed by atoms with Gasteiger partial charge >= 0.3 is 0 Å². The van der Waals surface area contributed by atoms with E-state index < -0.39 is 0 Å². The monoisotopic (exact) mass is 287 g/mol. The molecule has 0 aliphatic carbocycles. The summed E-state index contributed by atoms with van der Waals surface area (Å²) >= 11 is 5.90. The largest absolute Gasteiger partial charge is 0.350 e. The van der Waals surface area contributed by atoms with E-state index in [1.165, 1.54) is 4.68 Å². The van der Waals surface area contributed by atoms with Crippen molar-refractivity contribution in [2.45, 2.75) is 6.54 Å². The second kappa shape index (κ2) is 5.62. The molecule has 100 valence electrons. The van der Waals surface area contributed by atoms with Crippen molar-refractivity contribution in [3.8, 4) is 5.95 Å². The number of rotatable bonds is 4. The lowest BCUT2D eigenvalue weighted by Crippen LogP contribution is -2.09. The smallest absolute Gasteiger partial charge is 0.256 e. The van der Waals surface area contributed by atoms with Gasteiger partial charge in [0, 0.05) is 31.3 Å². The van der Waals surface area contributed by atoms with Gasteiger partial charge in [0.2, 0.25) is 11.2 Å². The lowest BCUT2D eigenvalue weighted by molar-refractivity contribution is 0.794. The van der Waals surface area contributed by atoms with Crippen molar-refractivity contribution < 1.29 is 0 Å². The second-order valence-electron chi connectivity index (χ2n) is 3.89. The van der Waals surface area contributed by atoms with Gasteiger partial charge in [0.1, 0.15) is 0 Å². The van der Waals surface area contributed by atoms with Gasteiger partial charge in [-0.2, -0.15) is 20.1 Å². The first-order valence-electron chi connectivity index (χ1n) is 5.85. The van der Waals surface area contributed by atoms with Gasteiger partial charge in [-0.3, -0.25) is 4.98 Å². The van der Waals surface area contributed by atoms with Crippen molar-refractivity contribution in [1.82, 2.24) is 29.7 Å². The lowest BCUT2D eigenvalue weighted by Gasteiger charge is -2.06. The van der Waals surface area contributed by atoms with Crippen LogP contribution in [-0.2, 0) is 6.54 Å². The molecule has 0 aromatic carbocycles. The van der Waals surface area contributed by atoms with Crippen LogP contribution in [0.2, 0.25) is 5.28 Å². The number of halogens is 1.